The predicted octanol–water partition coefficient (Wildman–Crippen LogP) is -0.457. The molecule has 3 aromatic rings. The molecule has 0 aliphatic heterocycles. The molecule has 3 nitrogen and oxygen atoms in total. The Hall–Kier alpha value is -1.78. The SMILES string of the molecule is O=P(c1ccccc1)(c1ccccc1)c1ncccc1O.[H-].[Li+]. The smallest absolute Gasteiger partial charge is 1.00 e. The van der Waals surface area contributed by atoms with Crippen molar-refractivity contribution in [1.82, 2.24) is 4.98 Å². The van der Waals surface area contributed by atoms with Crippen molar-refractivity contribution in [3.05, 3.63) is 79.0 Å². The van der Waals surface area contributed by atoms with Gasteiger partial charge in [0.1, 0.15) is 11.2 Å². The maximum atomic E-state index is 13.8. The number of aromatic nitrogens is 1. The largest absolute Gasteiger partial charge is 1.00 e. The van der Waals surface area contributed by atoms with Gasteiger partial charge < -0.3 is 11.1 Å². The first-order valence-corrected chi connectivity index (χ1v) is 8.29. The van der Waals surface area contributed by atoms with Crippen LogP contribution in [0.1, 0.15) is 1.43 Å². The Labute approximate surface area is 143 Å². The van der Waals surface area contributed by atoms with Crippen LogP contribution in [0.5, 0.6) is 5.75 Å². The van der Waals surface area contributed by atoms with E-state index in [1.165, 1.54) is 6.07 Å². The van der Waals surface area contributed by atoms with Crippen molar-refractivity contribution >= 4 is 23.2 Å². The van der Waals surface area contributed by atoms with Crippen LogP contribution in [0.4, 0.5) is 0 Å². The van der Waals surface area contributed by atoms with E-state index in [0.717, 1.165) is 0 Å². The summed E-state index contributed by atoms with van der Waals surface area (Å²) >= 11 is 0. The number of rotatable bonds is 3. The van der Waals surface area contributed by atoms with Crippen LogP contribution in [0.3, 0.4) is 0 Å². The number of pyridine rings is 1. The summed E-state index contributed by atoms with van der Waals surface area (Å²) in [5.41, 5.74) is 0.224. The van der Waals surface area contributed by atoms with E-state index in [1.54, 1.807) is 12.3 Å². The molecule has 0 atom stereocenters. The quantitative estimate of drug-likeness (QED) is 0.526. The topological polar surface area (TPSA) is 50.2 Å². The molecular formula is C17H15LiNO2P. The van der Waals surface area contributed by atoms with Gasteiger partial charge in [0.15, 0.2) is 7.14 Å². The molecule has 0 aliphatic rings. The van der Waals surface area contributed by atoms with Gasteiger partial charge in [0.05, 0.1) is 0 Å². The minimum atomic E-state index is -3.18. The Morgan fingerprint density at radius 3 is 1.77 bits per heavy atom. The Kier molecular flexibility index (Phi) is 5.27. The fourth-order valence-electron chi connectivity index (χ4n) is 2.30. The first kappa shape index (κ1) is 16.6. The summed E-state index contributed by atoms with van der Waals surface area (Å²) in [4.78, 5) is 4.19. The van der Waals surface area contributed by atoms with Crippen molar-refractivity contribution in [2.45, 2.75) is 0 Å². The average molecular weight is 303 g/mol. The third-order valence-corrected chi connectivity index (χ3v) is 6.30. The van der Waals surface area contributed by atoms with Crippen molar-refractivity contribution in [2.24, 2.45) is 0 Å². The van der Waals surface area contributed by atoms with Crippen LogP contribution >= 0.6 is 7.14 Å². The number of benzene rings is 2. The van der Waals surface area contributed by atoms with Crippen LogP contribution in [0.15, 0.2) is 79.0 Å². The summed E-state index contributed by atoms with van der Waals surface area (Å²) < 4.78 is 13.8. The minimum Gasteiger partial charge on any atom is -1.00 e. The van der Waals surface area contributed by atoms with E-state index >= 15 is 0 Å². The summed E-state index contributed by atoms with van der Waals surface area (Å²) in [6.45, 7) is 0. The molecule has 1 heterocycles. The average Bonchev–Trinajstić information content (AvgIpc) is 2.56. The minimum absolute atomic E-state index is 0. The molecule has 1 aromatic heterocycles. The van der Waals surface area contributed by atoms with Gasteiger partial charge in [-0.3, -0.25) is 0 Å². The predicted molar refractivity (Wildman–Crippen MR) is 86.4 cm³/mol. The molecule has 1 N–H and O–H groups in total. The monoisotopic (exact) mass is 303 g/mol. The van der Waals surface area contributed by atoms with E-state index in [-0.39, 0.29) is 31.5 Å². The Bertz CT molecular complexity index is 756. The van der Waals surface area contributed by atoms with Gasteiger partial charge in [0.25, 0.3) is 0 Å². The molecule has 0 unspecified atom stereocenters. The fraction of sp³-hybridized carbons (Fsp3) is 0. The third kappa shape index (κ3) is 2.89. The number of nitrogens with zero attached hydrogens (tertiary/aromatic N) is 1. The van der Waals surface area contributed by atoms with Crippen LogP contribution in [-0.2, 0) is 4.57 Å². The third-order valence-electron chi connectivity index (χ3n) is 3.30. The van der Waals surface area contributed by atoms with Crippen molar-refractivity contribution in [3.63, 3.8) is 0 Å². The molecular weight excluding hydrogens is 288 g/mol. The second-order valence-electron chi connectivity index (χ2n) is 4.63. The van der Waals surface area contributed by atoms with Gasteiger partial charge in [-0.15, -0.1) is 0 Å². The van der Waals surface area contributed by atoms with Crippen LogP contribution in [0.2, 0.25) is 0 Å². The summed E-state index contributed by atoms with van der Waals surface area (Å²) in [5.74, 6) is -0.0476. The number of hydrogen-bond donors (Lipinski definition) is 1. The maximum Gasteiger partial charge on any atom is 1.00 e. The normalized spacial score (nSPS) is 10.7. The summed E-state index contributed by atoms with van der Waals surface area (Å²) in [5, 5.41) is 11.4. The van der Waals surface area contributed by atoms with E-state index in [4.69, 9.17) is 0 Å². The Balaban J connectivity index is 0.00000132. The maximum absolute atomic E-state index is 13.8. The molecule has 0 fully saturated rings. The molecule has 2 aromatic carbocycles. The van der Waals surface area contributed by atoms with E-state index in [2.05, 4.69) is 4.98 Å². The summed E-state index contributed by atoms with van der Waals surface area (Å²) in [6.07, 6.45) is 1.55. The Morgan fingerprint density at radius 2 is 1.32 bits per heavy atom. The van der Waals surface area contributed by atoms with Gasteiger partial charge in [0.2, 0.25) is 0 Å². The molecule has 5 heteroatoms. The second kappa shape index (κ2) is 6.98. The van der Waals surface area contributed by atoms with Crippen molar-refractivity contribution in [2.75, 3.05) is 0 Å². The standard InChI is InChI=1S/C17H14NO2P.Li.H/c19-16-12-7-13-18-17(16)21(20,14-8-3-1-4-9-14)15-10-5-2-6-11-15;;/h1-13,19H;;/q;+1;-1. The molecule has 106 valence electrons. The summed E-state index contributed by atoms with van der Waals surface area (Å²) in [6, 6.07) is 21.5. The van der Waals surface area contributed by atoms with Gasteiger partial charge in [-0.25, -0.2) is 4.98 Å². The van der Waals surface area contributed by atoms with Crippen LogP contribution < -0.4 is 34.9 Å². The van der Waals surface area contributed by atoms with E-state index in [1.807, 2.05) is 60.7 Å². The van der Waals surface area contributed by atoms with Gasteiger partial charge >= 0.3 is 18.9 Å². The van der Waals surface area contributed by atoms with Crippen LogP contribution in [0.25, 0.3) is 0 Å². The molecule has 0 amide bonds. The van der Waals surface area contributed by atoms with Crippen molar-refractivity contribution in [1.29, 1.82) is 0 Å². The van der Waals surface area contributed by atoms with Gasteiger partial charge in [-0.2, -0.15) is 0 Å². The van der Waals surface area contributed by atoms with Crippen LogP contribution in [0, 0.1) is 0 Å². The molecule has 0 saturated carbocycles. The van der Waals surface area contributed by atoms with E-state index in [0.29, 0.717) is 10.6 Å². The summed E-state index contributed by atoms with van der Waals surface area (Å²) in [7, 11) is -3.18. The number of hydrogen-bond acceptors (Lipinski definition) is 3. The zero-order valence-electron chi connectivity index (χ0n) is 13.3. The van der Waals surface area contributed by atoms with E-state index in [9.17, 15) is 9.67 Å². The molecule has 22 heavy (non-hydrogen) atoms. The molecule has 0 bridgehead atoms. The van der Waals surface area contributed by atoms with Gasteiger partial charge in [-0.05, 0) is 12.1 Å². The molecule has 0 aliphatic carbocycles. The van der Waals surface area contributed by atoms with Crippen LogP contribution in [-0.4, -0.2) is 10.1 Å². The zero-order chi connectivity index (χ0) is 14.7. The zero-order valence-corrected chi connectivity index (χ0v) is 13.1. The number of aromatic hydroxyl groups is 1. The second-order valence-corrected chi connectivity index (χ2v) is 7.30. The van der Waals surface area contributed by atoms with Crippen molar-refractivity contribution < 1.29 is 30.0 Å². The fourth-order valence-corrected chi connectivity index (χ4v) is 4.90. The van der Waals surface area contributed by atoms with Crippen molar-refractivity contribution in [3.8, 4) is 5.75 Å². The van der Waals surface area contributed by atoms with E-state index < -0.39 is 7.14 Å². The molecule has 0 radical (unpaired) electrons. The molecule has 0 saturated heterocycles. The molecule has 0 spiro atoms. The molecule has 3 rings (SSSR count). The van der Waals surface area contributed by atoms with Gasteiger partial charge in [-0.1, -0.05) is 60.7 Å². The first-order valence-electron chi connectivity index (χ1n) is 6.59. The first-order chi connectivity index (χ1) is 10.2. The Morgan fingerprint density at radius 1 is 0.818 bits per heavy atom. The van der Waals surface area contributed by atoms with Gasteiger partial charge in [0, 0.05) is 16.8 Å².